The van der Waals surface area contributed by atoms with Crippen molar-refractivity contribution in [1.82, 2.24) is 10.3 Å². The molecule has 1 heterocycles. The van der Waals surface area contributed by atoms with Crippen LogP contribution in [0.4, 0.5) is 10.5 Å². The van der Waals surface area contributed by atoms with Gasteiger partial charge in [0.15, 0.2) is 0 Å². The van der Waals surface area contributed by atoms with Crippen LogP contribution in [-0.2, 0) is 0 Å². The second-order valence-electron chi connectivity index (χ2n) is 2.92. The molecule has 0 saturated carbocycles. The van der Waals surface area contributed by atoms with Crippen LogP contribution in [0.25, 0.3) is 0 Å². The molecule has 0 aliphatic heterocycles. The molecule has 1 aromatic rings. The van der Waals surface area contributed by atoms with Crippen LogP contribution < -0.4 is 10.6 Å². The first-order valence-electron chi connectivity index (χ1n) is 4.59. The molecule has 0 aliphatic rings. The van der Waals surface area contributed by atoms with E-state index < -0.39 is 0 Å². The summed E-state index contributed by atoms with van der Waals surface area (Å²) in [6, 6.07) is 3.36. The van der Waals surface area contributed by atoms with Crippen LogP contribution in [0.1, 0.15) is 12.6 Å². The fourth-order valence-electron chi connectivity index (χ4n) is 0.930. The first kappa shape index (κ1) is 11.1. The fraction of sp³-hybridized carbons (Fsp3) is 0.273. The summed E-state index contributed by atoms with van der Waals surface area (Å²) < 4.78 is 0. The van der Waals surface area contributed by atoms with Gasteiger partial charge in [-0.2, -0.15) is 0 Å². The summed E-state index contributed by atoms with van der Waals surface area (Å²) in [6.45, 7) is 3.96. The highest BCUT2D eigenvalue weighted by Crippen LogP contribution is 2.04. The lowest BCUT2D eigenvalue weighted by Crippen LogP contribution is -2.28. The van der Waals surface area contributed by atoms with E-state index in [0.717, 1.165) is 5.69 Å². The SMILES string of the molecule is CC#CCNC(=O)Nc1ccc(C)nc1. The Hall–Kier alpha value is -2.02. The van der Waals surface area contributed by atoms with Gasteiger partial charge in [0, 0.05) is 5.69 Å². The van der Waals surface area contributed by atoms with Crippen molar-refractivity contribution >= 4 is 11.7 Å². The number of aromatic nitrogens is 1. The third-order valence-corrected chi connectivity index (χ3v) is 1.68. The van der Waals surface area contributed by atoms with Crippen molar-refractivity contribution in [2.24, 2.45) is 0 Å². The summed E-state index contributed by atoms with van der Waals surface area (Å²) in [5.41, 5.74) is 1.58. The van der Waals surface area contributed by atoms with Crippen LogP contribution >= 0.6 is 0 Å². The lowest BCUT2D eigenvalue weighted by atomic mass is 10.3. The van der Waals surface area contributed by atoms with Gasteiger partial charge in [-0.3, -0.25) is 4.98 Å². The van der Waals surface area contributed by atoms with E-state index in [4.69, 9.17) is 0 Å². The molecule has 78 valence electrons. The van der Waals surface area contributed by atoms with Gasteiger partial charge in [0.1, 0.15) is 0 Å². The van der Waals surface area contributed by atoms with Crippen molar-refractivity contribution in [1.29, 1.82) is 0 Å². The molecule has 15 heavy (non-hydrogen) atoms. The topological polar surface area (TPSA) is 54.0 Å². The Kier molecular flexibility index (Phi) is 4.17. The van der Waals surface area contributed by atoms with Gasteiger partial charge in [-0.1, -0.05) is 5.92 Å². The van der Waals surface area contributed by atoms with Crippen LogP contribution in [0.15, 0.2) is 18.3 Å². The summed E-state index contributed by atoms with van der Waals surface area (Å²) >= 11 is 0. The van der Waals surface area contributed by atoms with Crippen LogP contribution in [0.3, 0.4) is 0 Å². The average Bonchev–Trinajstić information content (AvgIpc) is 2.22. The number of pyridine rings is 1. The predicted molar refractivity (Wildman–Crippen MR) is 59.4 cm³/mol. The highest BCUT2D eigenvalue weighted by Gasteiger charge is 1.99. The Bertz CT molecular complexity index is 387. The lowest BCUT2D eigenvalue weighted by molar-refractivity contribution is 0.253. The maximum Gasteiger partial charge on any atom is 0.320 e. The molecule has 4 heteroatoms. The lowest BCUT2D eigenvalue weighted by Gasteiger charge is -2.04. The molecule has 0 saturated heterocycles. The van der Waals surface area contributed by atoms with E-state index in [9.17, 15) is 4.79 Å². The standard InChI is InChI=1S/C11H13N3O/c1-3-4-7-12-11(15)14-10-6-5-9(2)13-8-10/h5-6,8H,7H2,1-2H3,(H2,12,14,15). The number of hydrogen-bond acceptors (Lipinski definition) is 2. The zero-order valence-electron chi connectivity index (χ0n) is 8.79. The van der Waals surface area contributed by atoms with Gasteiger partial charge >= 0.3 is 6.03 Å². The highest BCUT2D eigenvalue weighted by molar-refractivity contribution is 5.89. The van der Waals surface area contributed by atoms with Gasteiger partial charge in [0.25, 0.3) is 0 Å². The third-order valence-electron chi connectivity index (χ3n) is 1.68. The molecule has 0 aromatic carbocycles. The number of aryl methyl sites for hydroxylation is 1. The van der Waals surface area contributed by atoms with Gasteiger partial charge in [0.2, 0.25) is 0 Å². The zero-order chi connectivity index (χ0) is 11.1. The van der Waals surface area contributed by atoms with Crippen LogP contribution in [-0.4, -0.2) is 17.6 Å². The number of nitrogens with one attached hydrogen (secondary N) is 2. The van der Waals surface area contributed by atoms with Crippen molar-refractivity contribution in [3.05, 3.63) is 24.0 Å². The van der Waals surface area contributed by atoms with Gasteiger partial charge < -0.3 is 10.6 Å². The maximum atomic E-state index is 11.3. The minimum atomic E-state index is -0.275. The number of amides is 2. The van der Waals surface area contributed by atoms with E-state index in [2.05, 4.69) is 27.5 Å². The normalized spacial score (nSPS) is 8.67. The van der Waals surface area contributed by atoms with Crippen molar-refractivity contribution in [3.8, 4) is 11.8 Å². The molecule has 0 radical (unpaired) electrons. The molecular weight excluding hydrogens is 190 g/mol. The number of carbonyl (C=O) groups excluding carboxylic acids is 1. The zero-order valence-corrected chi connectivity index (χ0v) is 8.79. The smallest absolute Gasteiger partial charge is 0.320 e. The van der Waals surface area contributed by atoms with Crippen LogP contribution in [0.5, 0.6) is 0 Å². The number of carbonyl (C=O) groups is 1. The predicted octanol–water partition coefficient (Wildman–Crippen LogP) is 1.53. The van der Waals surface area contributed by atoms with Crippen molar-refractivity contribution in [2.75, 3.05) is 11.9 Å². The summed E-state index contributed by atoms with van der Waals surface area (Å²) in [5, 5.41) is 5.24. The number of nitrogens with zero attached hydrogens (tertiary/aromatic N) is 1. The second kappa shape index (κ2) is 5.66. The van der Waals surface area contributed by atoms with E-state index in [1.165, 1.54) is 0 Å². The summed E-state index contributed by atoms with van der Waals surface area (Å²) in [6.07, 6.45) is 1.61. The molecule has 0 spiro atoms. The molecule has 0 aliphatic carbocycles. The molecule has 1 aromatic heterocycles. The first-order chi connectivity index (χ1) is 7.22. The van der Waals surface area contributed by atoms with Gasteiger partial charge in [-0.25, -0.2) is 4.79 Å². The Morgan fingerprint density at radius 3 is 2.93 bits per heavy atom. The minimum Gasteiger partial charge on any atom is -0.327 e. The van der Waals surface area contributed by atoms with E-state index in [0.29, 0.717) is 12.2 Å². The Balaban J connectivity index is 2.43. The first-order valence-corrected chi connectivity index (χ1v) is 4.59. The number of urea groups is 1. The van der Waals surface area contributed by atoms with Crippen molar-refractivity contribution in [3.63, 3.8) is 0 Å². The molecule has 2 N–H and O–H groups in total. The Morgan fingerprint density at radius 1 is 1.53 bits per heavy atom. The molecule has 0 atom stereocenters. The monoisotopic (exact) mass is 203 g/mol. The van der Waals surface area contributed by atoms with E-state index in [1.807, 2.05) is 13.0 Å². The largest absolute Gasteiger partial charge is 0.327 e. The van der Waals surface area contributed by atoms with Gasteiger partial charge in [-0.15, -0.1) is 5.92 Å². The maximum absolute atomic E-state index is 11.3. The molecular formula is C11H13N3O. The van der Waals surface area contributed by atoms with Crippen LogP contribution in [0, 0.1) is 18.8 Å². The minimum absolute atomic E-state index is 0.275. The molecule has 4 nitrogen and oxygen atoms in total. The highest BCUT2D eigenvalue weighted by atomic mass is 16.2. The summed E-state index contributed by atoms with van der Waals surface area (Å²) in [4.78, 5) is 15.3. The number of anilines is 1. The van der Waals surface area contributed by atoms with E-state index in [-0.39, 0.29) is 6.03 Å². The number of rotatable bonds is 2. The fourth-order valence-corrected chi connectivity index (χ4v) is 0.930. The molecule has 1 rings (SSSR count). The van der Waals surface area contributed by atoms with E-state index in [1.54, 1.807) is 19.2 Å². The van der Waals surface area contributed by atoms with Gasteiger partial charge in [0.05, 0.1) is 18.4 Å². The quantitative estimate of drug-likeness (QED) is 0.716. The molecule has 0 bridgehead atoms. The summed E-state index contributed by atoms with van der Waals surface area (Å²) in [7, 11) is 0. The van der Waals surface area contributed by atoms with Crippen LogP contribution in [0.2, 0.25) is 0 Å². The van der Waals surface area contributed by atoms with Gasteiger partial charge in [-0.05, 0) is 26.0 Å². The molecule has 0 fully saturated rings. The third kappa shape index (κ3) is 4.14. The molecule has 0 unspecified atom stereocenters. The second-order valence-corrected chi connectivity index (χ2v) is 2.92. The summed E-state index contributed by atoms with van der Waals surface area (Å²) in [5.74, 6) is 5.43. The number of hydrogen-bond donors (Lipinski definition) is 2. The Morgan fingerprint density at radius 2 is 2.33 bits per heavy atom. The average molecular weight is 203 g/mol. The van der Waals surface area contributed by atoms with Crippen molar-refractivity contribution in [2.45, 2.75) is 13.8 Å². The Labute approximate surface area is 89.1 Å². The molecule has 2 amide bonds. The van der Waals surface area contributed by atoms with Crippen molar-refractivity contribution < 1.29 is 4.79 Å². The van der Waals surface area contributed by atoms with E-state index >= 15 is 0 Å².